The fourth-order valence-corrected chi connectivity index (χ4v) is 4.55. The van der Waals surface area contributed by atoms with Crippen LogP contribution in [-0.2, 0) is 6.54 Å². The highest BCUT2D eigenvalue weighted by molar-refractivity contribution is 5.46. The Balaban J connectivity index is 1.46. The molecule has 0 unspecified atom stereocenters. The summed E-state index contributed by atoms with van der Waals surface area (Å²) in [5.41, 5.74) is 3.19. The van der Waals surface area contributed by atoms with Crippen LogP contribution in [0.2, 0.25) is 0 Å². The summed E-state index contributed by atoms with van der Waals surface area (Å²) in [6.45, 7) is 3.95. The smallest absolute Gasteiger partial charge is 0.173 e. The van der Waals surface area contributed by atoms with Crippen molar-refractivity contribution in [2.75, 3.05) is 38.2 Å². The minimum absolute atomic E-state index is 0.176. The maximum Gasteiger partial charge on any atom is 0.173 e. The quantitative estimate of drug-likeness (QED) is 0.420. The van der Waals surface area contributed by atoms with E-state index in [9.17, 15) is 4.39 Å². The number of anilines is 1. The van der Waals surface area contributed by atoms with Gasteiger partial charge in [0.15, 0.2) is 5.82 Å². The van der Waals surface area contributed by atoms with Gasteiger partial charge in [0.1, 0.15) is 17.6 Å². The fourth-order valence-electron chi connectivity index (χ4n) is 4.55. The molecule has 4 aromatic rings. The van der Waals surface area contributed by atoms with Gasteiger partial charge in [-0.1, -0.05) is 48.5 Å². The van der Waals surface area contributed by atoms with Gasteiger partial charge in [-0.05, 0) is 46.3 Å². The first kappa shape index (κ1) is 22.0. The van der Waals surface area contributed by atoms with Gasteiger partial charge in [0.25, 0.3) is 0 Å². The molecule has 1 aromatic heterocycles. The zero-order chi connectivity index (χ0) is 23.3. The molecule has 1 aliphatic rings. The molecule has 0 amide bonds. The highest BCUT2D eigenvalue weighted by Crippen LogP contribution is 2.34. The number of aromatic nitrogens is 4. The van der Waals surface area contributed by atoms with Crippen LogP contribution in [0.4, 0.5) is 10.1 Å². The summed E-state index contributed by atoms with van der Waals surface area (Å²) in [6, 6.07) is 24.8. The number of piperazine rings is 1. The first-order valence-corrected chi connectivity index (χ1v) is 11.4. The number of ether oxygens (including phenoxy) is 1. The van der Waals surface area contributed by atoms with Gasteiger partial charge in [0, 0.05) is 37.4 Å². The van der Waals surface area contributed by atoms with E-state index in [-0.39, 0.29) is 11.9 Å². The second-order valence-corrected chi connectivity index (χ2v) is 8.32. The van der Waals surface area contributed by atoms with E-state index in [0.717, 1.165) is 48.9 Å². The molecule has 2 heterocycles. The van der Waals surface area contributed by atoms with Crippen LogP contribution >= 0.6 is 0 Å². The number of benzene rings is 3. The zero-order valence-electron chi connectivity index (χ0n) is 19.1. The van der Waals surface area contributed by atoms with Crippen LogP contribution in [0.5, 0.6) is 5.75 Å². The number of hydrogen-bond donors (Lipinski definition) is 0. The molecule has 7 nitrogen and oxygen atoms in total. The molecule has 0 radical (unpaired) electrons. The molecule has 1 aliphatic heterocycles. The largest absolute Gasteiger partial charge is 0.496 e. The van der Waals surface area contributed by atoms with Crippen molar-refractivity contribution < 1.29 is 9.13 Å². The van der Waals surface area contributed by atoms with E-state index in [4.69, 9.17) is 4.74 Å². The summed E-state index contributed by atoms with van der Waals surface area (Å²) in [5.74, 6) is 1.28. The van der Waals surface area contributed by atoms with Gasteiger partial charge in [-0.25, -0.2) is 9.07 Å². The Morgan fingerprint density at radius 1 is 0.882 bits per heavy atom. The normalized spacial score (nSPS) is 15.3. The maximum absolute atomic E-state index is 13.4. The van der Waals surface area contributed by atoms with Gasteiger partial charge in [-0.2, -0.15) is 0 Å². The number of halogens is 1. The molecule has 5 rings (SSSR count). The lowest BCUT2D eigenvalue weighted by atomic mass is 10.0. The Morgan fingerprint density at radius 3 is 2.32 bits per heavy atom. The van der Waals surface area contributed by atoms with Crippen LogP contribution in [0.1, 0.15) is 23.0 Å². The summed E-state index contributed by atoms with van der Waals surface area (Å²) >= 11 is 0. The minimum atomic E-state index is -0.260. The molecule has 3 aromatic carbocycles. The highest BCUT2D eigenvalue weighted by Gasteiger charge is 2.32. The molecule has 8 heteroatoms. The maximum atomic E-state index is 13.4. The molecule has 1 fully saturated rings. The van der Waals surface area contributed by atoms with Crippen LogP contribution < -0.4 is 9.64 Å². The molecule has 34 heavy (non-hydrogen) atoms. The van der Waals surface area contributed by atoms with Gasteiger partial charge >= 0.3 is 0 Å². The van der Waals surface area contributed by atoms with Crippen molar-refractivity contribution >= 4 is 5.69 Å². The fraction of sp³-hybridized carbons (Fsp3) is 0.269. The summed E-state index contributed by atoms with van der Waals surface area (Å²) in [6.07, 6.45) is 0. The monoisotopic (exact) mass is 458 g/mol. The number of nitrogens with zero attached hydrogens (tertiary/aromatic N) is 6. The summed E-state index contributed by atoms with van der Waals surface area (Å²) in [4.78, 5) is 4.81. The van der Waals surface area contributed by atoms with Gasteiger partial charge < -0.3 is 9.64 Å². The predicted molar refractivity (Wildman–Crippen MR) is 128 cm³/mol. The standard InChI is InChI=1S/C26H27FN6O/c1-34-24-10-6-5-9-23(24)25(32-17-15-31(16-18-32)22-7-3-2-4-8-22)26-28-29-30-33(26)19-20-11-13-21(27)14-12-20/h2-14,25H,15-19H2,1H3/t25-/m1/s1. The third-order valence-electron chi connectivity index (χ3n) is 6.28. The molecular formula is C26H27FN6O. The molecule has 1 saturated heterocycles. The Morgan fingerprint density at radius 2 is 1.59 bits per heavy atom. The van der Waals surface area contributed by atoms with Crippen molar-refractivity contribution in [2.24, 2.45) is 0 Å². The van der Waals surface area contributed by atoms with E-state index in [1.807, 2.05) is 24.3 Å². The van der Waals surface area contributed by atoms with E-state index < -0.39 is 0 Å². The summed E-state index contributed by atoms with van der Waals surface area (Å²) in [7, 11) is 1.69. The molecule has 0 N–H and O–H groups in total. The molecule has 0 saturated carbocycles. The number of tetrazole rings is 1. The molecule has 0 aliphatic carbocycles. The van der Waals surface area contributed by atoms with Crippen molar-refractivity contribution in [1.82, 2.24) is 25.1 Å². The zero-order valence-corrected chi connectivity index (χ0v) is 19.1. The highest BCUT2D eigenvalue weighted by atomic mass is 19.1. The lowest BCUT2D eigenvalue weighted by Crippen LogP contribution is -2.48. The van der Waals surface area contributed by atoms with Gasteiger partial charge in [0.05, 0.1) is 13.7 Å². The van der Waals surface area contributed by atoms with Crippen molar-refractivity contribution in [3.63, 3.8) is 0 Å². The lowest BCUT2D eigenvalue weighted by Gasteiger charge is -2.40. The molecule has 0 spiro atoms. The third-order valence-corrected chi connectivity index (χ3v) is 6.28. The third kappa shape index (κ3) is 4.63. The van der Waals surface area contributed by atoms with Crippen molar-refractivity contribution in [3.8, 4) is 5.75 Å². The second-order valence-electron chi connectivity index (χ2n) is 8.32. The molecule has 174 valence electrons. The Bertz CT molecular complexity index is 1210. The Hall–Kier alpha value is -3.78. The van der Waals surface area contributed by atoms with Gasteiger partial charge in [0.2, 0.25) is 0 Å². The first-order chi connectivity index (χ1) is 16.7. The van der Waals surface area contributed by atoms with E-state index in [0.29, 0.717) is 6.54 Å². The second kappa shape index (κ2) is 10.0. The number of para-hydroxylation sites is 2. The summed E-state index contributed by atoms with van der Waals surface area (Å²) < 4.78 is 20.9. The van der Waals surface area contributed by atoms with Crippen LogP contribution in [-0.4, -0.2) is 58.4 Å². The topological polar surface area (TPSA) is 59.3 Å². The first-order valence-electron chi connectivity index (χ1n) is 11.4. The Kier molecular flexibility index (Phi) is 6.49. The SMILES string of the molecule is COc1ccccc1[C@H](c1nnnn1Cc1ccc(F)cc1)N1CCN(c2ccccc2)CC1. The number of hydrogen-bond acceptors (Lipinski definition) is 6. The molecule has 1 atom stereocenters. The van der Waals surface area contributed by atoms with Crippen LogP contribution in [0.25, 0.3) is 0 Å². The number of methoxy groups -OCH3 is 1. The van der Waals surface area contributed by atoms with E-state index in [1.165, 1.54) is 17.8 Å². The minimum Gasteiger partial charge on any atom is -0.496 e. The number of rotatable bonds is 7. The van der Waals surface area contributed by atoms with Crippen LogP contribution in [0.15, 0.2) is 78.9 Å². The average molecular weight is 459 g/mol. The molecule has 0 bridgehead atoms. The molecular weight excluding hydrogens is 431 g/mol. The predicted octanol–water partition coefficient (Wildman–Crippen LogP) is 3.78. The average Bonchev–Trinajstić information content (AvgIpc) is 3.34. The summed E-state index contributed by atoms with van der Waals surface area (Å²) in [5, 5.41) is 12.7. The van der Waals surface area contributed by atoms with Crippen LogP contribution in [0.3, 0.4) is 0 Å². The van der Waals surface area contributed by atoms with Gasteiger partial charge in [-0.3, -0.25) is 4.90 Å². The lowest BCUT2D eigenvalue weighted by molar-refractivity contribution is 0.198. The van der Waals surface area contributed by atoms with Crippen LogP contribution in [0, 0.1) is 5.82 Å². The van der Waals surface area contributed by atoms with E-state index >= 15 is 0 Å². The Labute approximate surface area is 198 Å². The van der Waals surface area contributed by atoms with Gasteiger partial charge in [-0.15, -0.1) is 5.10 Å². The van der Waals surface area contributed by atoms with E-state index in [1.54, 1.807) is 23.9 Å². The van der Waals surface area contributed by atoms with Crippen molar-refractivity contribution in [3.05, 3.63) is 102 Å². The van der Waals surface area contributed by atoms with Crippen molar-refractivity contribution in [1.29, 1.82) is 0 Å². The van der Waals surface area contributed by atoms with Crippen molar-refractivity contribution in [2.45, 2.75) is 12.6 Å². The van der Waals surface area contributed by atoms with E-state index in [2.05, 4.69) is 55.7 Å².